The van der Waals surface area contributed by atoms with Crippen LogP contribution in [-0.4, -0.2) is 12.5 Å². The number of rotatable bonds is 5. The molecule has 1 aliphatic rings. The van der Waals surface area contributed by atoms with E-state index in [4.69, 9.17) is 5.26 Å². The summed E-state index contributed by atoms with van der Waals surface area (Å²) < 4.78 is 0. The van der Waals surface area contributed by atoms with Crippen LogP contribution in [0.25, 0.3) is 0 Å². The van der Waals surface area contributed by atoms with E-state index in [1.54, 1.807) is 0 Å². The standard InChI is InChI=1S/C14H24N2O/c1-3-5-13(9-15)14(17)16-10-12-7-4-6-11(2)8-12/h11-13H,3-8,10H2,1-2H3,(H,16,17). The van der Waals surface area contributed by atoms with Gasteiger partial charge in [-0.3, -0.25) is 4.79 Å². The summed E-state index contributed by atoms with van der Waals surface area (Å²) in [7, 11) is 0. The molecule has 0 aromatic heterocycles. The van der Waals surface area contributed by atoms with Crippen molar-refractivity contribution < 1.29 is 4.79 Å². The van der Waals surface area contributed by atoms with E-state index in [0.29, 0.717) is 12.3 Å². The Labute approximate surface area is 105 Å². The molecule has 0 aromatic rings. The SMILES string of the molecule is CCCC(C#N)C(=O)NCC1CCCC(C)C1. The molecule has 0 heterocycles. The highest BCUT2D eigenvalue weighted by Crippen LogP contribution is 2.27. The molecular formula is C14H24N2O. The summed E-state index contributed by atoms with van der Waals surface area (Å²) in [6.45, 7) is 5.04. The van der Waals surface area contributed by atoms with E-state index in [9.17, 15) is 4.79 Å². The Morgan fingerprint density at radius 1 is 1.53 bits per heavy atom. The summed E-state index contributed by atoms with van der Waals surface area (Å²) in [6, 6.07) is 2.09. The first-order valence-electron chi connectivity index (χ1n) is 6.84. The Kier molecular flexibility index (Phi) is 6.04. The average molecular weight is 236 g/mol. The third-order valence-corrected chi connectivity index (χ3v) is 3.66. The Hall–Kier alpha value is -1.04. The zero-order chi connectivity index (χ0) is 12.7. The normalized spacial score (nSPS) is 25.9. The van der Waals surface area contributed by atoms with Gasteiger partial charge in [0.05, 0.1) is 6.07 Å². The number of hydrogen-bond acceptors (Lipinski definition) is 2. The van der Waals surface area contributed by atoms with Gasteiger partial charge >= 0.3 is 0 Å². The van der Waals surface area contributed by atoms with Gasteiger partial charge in [0.2, 0.25) is 5.91 Å². The van der Waals surface area contributed by atoms with E-state index in [1.165, 1.54) is 25.7 Å². The van der Waals surface area contributed by atoms with Gasteiger partial charge in [0.15, 0.2) is 0 Å². The van der Waals surface area contributed by atoms with Crippen LogP contribution in [0.3, 0.4) is 0 Å². The second-order valence-corrected chi connectivity index (χ2v) is 5.35. The van der Waals surface area contributed by atoms with Gasteiger partial charge < -0.3 is 5.32 Å². The lowest BCUT2D eigenvalue weighted by Crippen LogP contribution is -2.35. The molecule has 17 heavy (non-hydrogen) atoms. The van der Waals surface area contributed by atoms with Crippen LogP contribution in [0, 0.1) is 29.1 Å². The molecule has 0 saturated heterocycles. The lowest BCUT2D eigenvalue weighted by atomic mass is 9.82. The highest BCUT2D eigenvalue weighted by atomic mass is 16.1. The van der Waals surface area contributed by atoms with Gasteiger partial charge in [0.1, 0.15) is 5.92 Å². The molecule has 1 aliphatic carbocycles. The molecule has 0 radical (unpaired) electrons. The Balaban J connectivity index is 2.29. The fourth-order valence-corrected chi connectivity index (χ4v) is 2.66. The van der Waals surface area contributed by atoms with Crippen molar-refractivity contribution in [1.82, 2.24) is 5.32 Å². The highest BCUT2D eigenvalue weighted by Gasteiger charge is 2.21. The molecule has 1 N–H and O–H groups in total. The fourth-order valence-electron chi connectivity index (χ4n) is 2.66. The van der Waals surface area contributed by atoms with Crippen LogP contribution < -0.4 is 5.32 Å². The maximum Gasteiger partial charge on any atom is 0.237 e. The van der Waals surface area contributed by atoms with Crippen molar-refractivity contribution in [2.24, 2.45) is 17.8 Å². The molecule has 1 amide bonds. The van der Waals surface area contributed by atoms with Gasteiger partial charge in [-0.1, -0.05) is 33.1 Å². The average Bonchev–Trinajstić information content (AvgIpc) is 2.33. The van der Waals surface area contributed by atoms with E-state index in [0.717, 1.165) is 18.9 Å². The number of nitrogens with zero attached hydrogens (tertiary/aromatic N) is 1. The molecule has 0 bridgehead atoms. The summed E-state index contributed by atoms with van der Waals surface area (Å²) in [5.41, 5.74) is 0. The molecular weight excluding hydrogens is 212 g/mol. The lowest BCUT2D eigenvalue weighted by Gasteiger charge is -2.27. The topological polar surface area (TPSA) is 52.9 Å². The summed E-state index contributed by atoms with van der Waals surface area (Å²) >= 11 is 0. The van der Waals surface area contributed by atoms with Crippen molar-refractivity contribution in [3.63, 3.8) is 0 Å². The number of nitriles is 1. The molecule has 3 atom stereocenters. The second-order valence-electron chi connectivity index (χ2n) is 5.35. The zero-order valence-electron chi connectivity index (χ0n) is 11.0. The van der Waals surface area contributed by atoms with Gasteiger partial charge in [-0.05, 0) is 31.1 Å². The number of carbonyl (C=O) groups is 1. The first kappa shape index (κ1) is 14.0. The third kappa shape index (κ3) is 4.77. The minimum absolute atomic E-state index is 0.0763. The predicted octanol–water partition coefficient (Wildman–Crippen LogP) is 2.87. The first-order valence-corrected chi connectivity index (χ1v) is 6.84. The maximum absolute atomic E-state index is 11.8. The summed E-state index contributed by atoms with van der Waals surface area (Å²) in [6.07, 6.45) is 6.58. The Morgan fingerprint density at radius 2 is 2.29 bits per heavy atom. The van der Waals surface area contributed by atoms with Crippen LogP contribution in [0.2, 0.25) is 0 Å². The van der Waals surface area contributed by atoms with Crippen LogP contribution in [0.15, 0.2) is 0 Å². The van der Waals surface area contributed by atoms with Gasteiger partial charge in [0.25, 0.3) is 0 Å². The third-order valence-electron chi connectivity index (χ3n) is 3.66. The quantitative estimate of drug-likeness (QED) is 0.798. The number of nitrogens with one attached hydrogen (secondary N) is 1. The van der Waals surface area contributed by atoms with Crippen LogP contribution in [0.1, 0.15) is 52.4 Å². The highest BCUT2D eigenvalue weighted by molar-refractivity contribution is 5.80. The van der Waals surface area contributed by atoms with Crippen molar-refractivity contribution in [3.05, 3.63) is 0 Å². The summed E-state index contributed by atoms with van der Waals surface area (Å²) in [5, 5.41) is 11.8. The smallest absolute Gasteiger partial charge is 0.237 e. The molecule has 1 rings (SSSR count). The van der Waals surface area contributed by atoms with Crippen LogP contribution >= 0.6 is 0 Å². The Bertz CT molecular complexity index is 282. The van der Waals surface area contributed by atoms with Crippen LogP contribution in [0.5, 0.6) is 0 Å². The molecule has 0 aromatic carbocycles. The Morgan fingerprint density at radius 3 is 2.88 bits per heavy atom. The van der Waals surface area contributed by atoms with Gasteiger partial charge in [0, 0.05) is 6.54 Å². The number of hydrogen-bond donors (Lipinski definition) is 1. The van der Waals surface area contributed by atoms with Crippen molar-refractivity contribution in [2.75, 3.05) is 6.54 Å². The van der Waals surface area contributed by atoms with E-state index in [1.807, 2.05) is 6.92 Å². The maximum atomic E-state index is 11.8. The van der Waals surface area contributed by atoms with Crippen molar-refractivity contribution in [2.45, 2.75) is 52.4 Å². The number of carbonyl (C=O) groups excluding carboxylic acids is 1. The second kappa shape index (κ2) is 7.32. The van der Waals surface area contributed by atoms with Crippen molar-refractivity contribution in [3.8, 4) is 6.07 Å². The van der Waals surface area contributed by atoms with Gasteiger partial charge in [-0.15, -0.1) is 0 Å². The largest absolute Gasteiger partial charge is 0.355 e. The van der Waals surface area contributed by atoms with E-state index in [-0.39, 0.29) is 5.91 Å². The number of amides is 1. The van der Waals surface area contributed by atoms with E-state index >= 15 is 0 Å². The molecule has 1 fully saturated rings. The molecule has 3 nitrogen and oxygen atoms in total. The van der Waals surface area contributed by atoms with Crippen molar-refractivity contribution in [1.29, 1.82) is 5.26 Å². The molecule has 3 heteroatoms. The van der Waals surface area contributed by atoms with Gasteiger partial charge in [-0.25, -0.2) is 0 Å². The molecule has 0 aliphatic heterocycles. The molecule has 0 spiro atoms. The van der Waals surface area contributed by atoms with Crippen LogP contribution in [-0.2, 0) is 4.79 Å². The zero-order valence-corrected chi connectivity index (χ0v) is 11.0. The summed E-state index contributed by atoms with van der Waals surface area (Å²) in [5.74, 6) is 0.866. The molecule has 3 unspecified atom stereocenters. The minimum atomic E-state index is -0.457. The molecule has 1 saturated carbocycles. The van der Waals surface area contributed by atoms with Gasteiger partial charge in [-0.2, -0.15) is 5.26 Å². The fraction of sp³-hybridized carbons (Fsp3) is 0.857. The lowest BCUT2D eigenvalue weighted by molar-refractivity contribution is -0.123. The summed E-state index contributed by atoms with van der Waals surface area (Å²) in [4.78, 5) is 11.8. The van der Waals surface area contributed by atoms with Crippen LogP contribution in [0.4, 0.5) is 0 Å². The van der Waals surface area contributed by atoms with E-state index in [2.05, 4.69) is 18.3 Å². The monoisotopic (exact) mass is 236 g/mol. The minimum Gasteiger partial charge on any atom is -0.355 e. The molecule has 96 valence electrons. The first-order chi connectivity index (χ1) is 8.17. The predicted molar refractivity (Wildman–Crippen MR) is 68.1 cm³/mol. The van der Waals surface area contributed by atoms with E-state index < -0.39 is 5.92 Å². The van der Waals surface area contributed by atoms with Crippen molar-refractivity contribution >= 4 is 5.91 Å².